The second kappa shape index (κ2) is 36.4. The van der Waals surface area contributed by atoms with E-state index in [-0.39, 0.29) is 13.2 Å². The van der Waals surface area contributed by atoms with Crippen molar-refractivity contribution in [3.05, 3.63) is 0 Å². The van der Waals surface area contributed by atoms with Crippen molar-refractivity contribution in [3.63, 3.8) is 0 Å². The molecule has 0 aromatic rings. The van der Waals surface area contributed by atoms with Crippen LogP contribution in [-0.2, 0) is 47.4 Å². The Morgan fingerprint density at radius 3 is 0.946 bits per heavy atom. The third kappa shape index (κ3) is 20.3. The SMILES string of the molecule is CCCCCCCCCCCCOCC(COCCCCCCCCCCCC)O[C@@H]1O[C@H](CO)[C@@H](O[C@H]2O[C@H](CO)[C@@H](O[C@H]3O[C@H](CO)[C@@H](O[C@H]4O[C@H](CO)[C@@H](O)[C@H](O)[C@H]4O)[C@H](O)[C@H]3O)[C@H](O)[C@H]2O)[C@H](O)[C@H]1O. The van der Waals surface area contributed by atoms with Crippen LogP contribution in [0.3, 0.4) is 0 Å². The van der Waals surface area contributed by atoms with Crippen LogP contribution in [0.2, 0.25) is 0 Å². The van der Waals surface area contributed by atoms with Gasteiger partial charge in [-0.15, -0.1) is 0 Å². The van der Waals surface area contributed by atoms with Crippen LogP contribution >= 0.6 is 0 Å². The fourth-order valence-electron chi connectivity index (χ4n) is 9.77. The number of unbranched alkanes of at least 4 members (excludes halogenated alkanes) is 18. The molecule has 4 rings (SSSR count). The molecule has 4 aliphatic rings. The van der Waals surface area contributed by atoms with Gasteiger partial charge in [-0.1, -0.05) is 129 Å². The molecule has 4 saturated heterocycles. The van der Waals surface area contributed by atoms with E-state index in [4.69, 9.17) is 47.4 Å². The van der Waals surface area contributed by atoms with Gasteiger partial charge in [0.1, 0.15) is 104 Å². The molecule has 74 heavy (non-hydrogen) atoms. The number of aliphatic hydroxyl groups is 13. The zero-order chi connectivity index (χ0) is 54.0. The molecular formula is C51H96O23. The lowest BCUT2D eigenvalue weighted by atomic mass is 9.95. The first-order chi connectivity index (χ1) is 35.8. The van der Waals surface area contributed by atoms with E-state index in [0.717, 1.165) is 38.5 Å². The maximum atomic E-state index is 11.4. The largest absolute Gasteiger partial charge is 0.394 e. The van der Waals surface area contributed by atoms with Gasteiger partial charge in [-0.2, -0.15) is 0 Å². The Bertz CT molecular complexity index is 1380. The molecule has 0 aromatic heterocycles. The standard InChI is InChI=1S/C51H96O23/c1-3-5-7-9-11-13-15-17-19-21-23-65-29-31(30-66-24-22-20-18-16-14-12-10-8-6-4-2)67-48-42(62)38(58)45(33(26-53)69-48)73-50-44(64)40(60)47(35(28-55)71-50)74-51-43(63)39(59)46(34(27-54)70-51)72-49-41(61)37(57)36(56)32(25-52)68-49/h31-64H,3-30H2,1-2H3/t32-,33-,34-,35-,36-,37+,38-,39-,40-,41-,42-,43-,44-,45-,46-,47-,48-,49-,50-,51-/m1/s1. The van der Waals surface area contributed by atoms with E-state index in [2.05, 4.69) is 13.8 Å². The monoisotopic (exact) mass is 1080 g/mol. The first-order valence-electron chi connectivity index (χ1n) is 27.7. The van der Waals surface area contributed by atoms with Crippen LogP contribution in [-0.4, -0.2) is 248 Å². The van der Waals surface area contributed by atoms with E-state index in [0.29, 0.717) is 13.2 Å². The van der Waals surface area contributed by atoms with E-state index in [1.54, 1.807) is 0 Å². The molecule has 23 heteroatoms. The second-order valence-electron chi connectivity index (χ2n) is 20.4. The van der Waals surface area contributed by atoms with Gasteiger partial charge in [-0.05, 0) is 12.8 Å². The van der Waals surface area contributed by atoms with Crippen molar-refractivity contribution in [3.8, 4) is 0 Å². The smallest absolute Gasteiger partial charge is 0.187 e. The number of ether oxygens (including phenoxy) is 10. The molecule has 0 aliphatic carbocycles. The van der Waals surface area contributed by atoms with Gasteiger partial charge in [0.25, 0.3) is 0 Å². The Morgan fingerprint density at radius 2 is 0.608 bits per heavy atom. The van der Waals surface area contributed by atoms with Gasteiger partial charge in [0.15, 0.2) is 25.2 Å². The first-order valence-corrected chi connectivity index (χ1v) is 27.7. The highest BCUT2D eigenvalue weighted by Crippen LogP contribution is 2.35. The van der Waals surface area contributed by atoms with Crippen molar-refractivity contribution in [2.75, 3.05) is 52.9 Å². The van der Waals surface area contributed by atoms with Crippen molar-refractivity contribution in [1.29, 1.82) is 0 Å². The van der Waals surface area contributed by atoms with Gasteiger partial charge in [0.2, 0.25) is 0 Å². The molecule has 4 fully saturated rings. The van der Waals surface area contributed by atoms with E-state index in [1.807, 2.05) is 0 Å². The van der Waals surface area contributed by atoms with Crippen molar-refractivity contribution in [2.24, 2.45) is 0 Å². The first kappa shape index (κ1) is 65.6. The van der Waals surface area contributed by atoms with E-state index >= 15 is 0 Å². The molecule has 0 saturated carbocycles. The van der Waals surface area contributed by atoms with Gasteiger partial charge in [-0.25, -0.2) is 0 Å². The van der Waals surface area contributed by atoms with Crippen LogP contribution in [0.25, 0.3) is 0 Å². The highest BCUT2D eigenvalue weighted by molar-refractivity contribution is 4.98. The van der Waals surface area contributed by atoms with Crippen LogP contribution in [0.15, 0.2) is 0 Å². The predicted octanol–water partition coefficient (Wildman–Crippen LogP) is -0.481. The zero-order valence-electron chi connectivity index (χ0n) is 43.8. The summed E-state index contributed by atoms with van der Waals surface area (Å²) in [4.78, 5) is 0. The molecule has 4 aliphatic heterocycles. The maximum Gasteiger partial charge on any atom is 0.187 e. The highest BCUT2D eigenvalue weighted by Gasteiger charge is 2.55. The Morgan fingerprint density at radius 1 is 0.324 bits per heavy atom. The van der Waals surface area contributed by atoms with Crippen LogP contribution < -0.4 is 0 Å². The summed E-state index contributed by atoms with van der Waals surface area (Å²) in [7, 11) is 0. The van der Waals surface area contributed by atoms with E-state index in [1.165, 1.54) is 89.9 Å². The summed E-state index contributed by atoms with van der Waals surface area (Å²) in [6, 6.07) is 0. The average Bonchev–Trinajstić information content (AvgIpc) is 3.40. The Hall–Kier alpha value is -0.920. The minimum absolute atomic E-state index is 0.104. The summed E-state index contributed by atoms with van der Waals surface area (Å²) in [6.07, 6.45) is -12.1. The van der Waals surface area contributed by atoms with E-state index < -0.39 is 155 Å². The number of rotatable bonds is 38. The van der Waals surface area contributed by atoms with Crippen LogP contribution in [0.1, 0.15) is 142 Å². The van der Waals surface area contributed by atoms with Crippen LogP contribution in [0.4, 0.5) is 0 Å². The summed E-state index contributed by atoms with van der Waals surface area (Å²) < 4.78 is 58.1. The van der Waals surface area contributed by atoms with Crippen LogP contribution in [0, 0.1) is 0 Å². The third-order valence-electron chi connectivity index (χ3n) is 14.4. The number of aliphatic hydroxyl groups excluding tert-OH is 13. The minimum atomic E-state index is -2.03. The molecule has 0 aromatic carbocycles. The zero-order valence-corrected chi connectivity index (χ0v) is 43.8. The van der Waals surface area contributed by atoms with Crippen molar-refractivity contribution >= 4 is 0 Å². The number of hydrogen-bond donors (Lipinski definition) is 13. The summed E-state index contributed by atoms with van der Waals surface area (Å²) in [6.45, 7) is 2.26. The van der Waals surface area contributed by atoms with Gasteiger partial charge >= 0.3 is 0 Å². The summed E-state index contributed by atoms with van der Waals surface area (Å²) in [5.41, 5.74) is 0. The normalized spacial score (nSPS) is 37.0. The molecule has 0 spiro atoms. The fraction of sp³-hybridized carbons (Fsp3) is 1.00. The van der Waals surface area contributed by atoms with Gasteiger partial charge in [-0.3, -0.25) is 0 Å². The van der Waals surface area contributed by atoms with Gasteiger partial charge < -0.3 is 114 Å². The molecule has 20 atom stereocenters. The Balaban J connectivity index is 1.31. The summed E-state index contributed by atoms with van der Waals surface area (Å²) in [5.74, 6) is 0. The molecule has 13 N–H and O–H groups in total. The fourth-order valence-corrected chi connectivity index (χ4v) is 9.77. The topological polar surface area (TPSA) is 355 Å². The molecule has 0 amide bonds. The second-order valence-corrected chi connectivity index (χ2v) is 20.4. The lowest BCUT2D eigenvalue weighted by Crippen LogP contribution is -2.67. The van der Waals surface area contributed by atoms with Crippen molar-refractivity contribution < 1.29 is 114 Å². The quantitative estimate of drug-likeness (QED) is 0.0347. The third-order valence-corrected chi connectivity index (χ3v) is 14.4. The minimum Gasteiger partial charge on any atom is -0.394 e. The van der Waals surface area contributed by atoms with Crippen molar-refractivity contribution in [2.45, 2.75) is 271 Å². The van der Waals surface area contributed by atoms with Gasteiger partial charge in [0.05, 0.1) is 39.6 Å². The average molecular weight is 1080 g/mol. The molecule has 4 heterocycles. The predicted molar refractivity (Wildman–Crippen MR) is 262 cm³/mol. The molecular weight excluding hydrogens is 981 g/mol. The molecule has 23 nitrogen and oxygen atoms in total. The highest BCUT2D eigenvalue weighted by atomic mass is 16.8. The van der Waals surface area contributed by atoms with Crippen molar-refractivity contribution in [1.82, 2.24) is 0 Å². The molecule has 0 bridgehead atoms. The molecule has 0 unspecified atom stereocenters. The Labute approximate surface area is 436 Å². The lowest BCUT2D eigenvalue weighted by molar-refractivity contribution is -0.389. The molecule has 438 valence electrons. The Kier molecular flexibility index (Phi) is 32.2. The lowest BCUT2D eigenvalue weighted by Gasteiger charge is -2.49. The molecule has 0 radical (unpaired) electrons. The van der Waals surface area contributed by atoms with Crippen LogP contribution in [0.5, 0.6) is 0 Å². The maximum absolute atomic E-state index is 11.4. The number of hydrogen-bond acceptors (Lipinski definition) is 23. The summed E-state index contributed by atoms with van der Waals surface area (Å²) in [5, 5.41) is 139. The van der Waals surface area contributed by atoms with Gasteiger partial charge in [0, 0.05) is 13.2 Å². The van der Waals surface area contributed by atoms with E-state index in [9.17, 15) is 66.4 Å². The summed E-state index contributed by atoms with van der Waals surface area (Å²) >= 11 is 0.